The molecule has 0 saturated carbocycles. The molecule has 0 saturated heterocycles. The molecule has 0 aliphatic heterocycles. The van der Waals surface area contributed by atoms with Gasteiger partial charge in [0.25, 0.3) is 0 Å². The van der Waals surface area contributed by atoms with Crippen molar-refractivity contribution in [1.29, 1.82) is 0 Å². The molecule has 3 aromatic heterocycles. The monoisotopic (exact) mass is 326 g/mol. The maximum absolute atomic E-state index is 4.75. The molecular formula is C15H11BrN4. The van der Waals surface area contributed by atoms with Crippen LogP contribution >= 0.6 is 15.9 Å². The first-order valence-corrected chi connectivity index (χ1v) is 7.11. The van der Waals surface area contributed by atoms with E-state index in [1.807, 2.05) is 13.1 Å². The van der Waals surface area contributed by atoms with Gasteiger partial charge in [-0.05, 0) is 41.1 Å². The number of hydrogen-bond donors (Lipinski definition) is 0. The highest BCUT2D eigenvalue weighted by atomic mass is 79.9. The molecule has 0 unspecified atom stereocenters. The van der Waals surface area contributed by atoms with Gasteiger partial charge in [0, 0.05) is 23.1 Å². The molecular weight excluding hydrogens is 316 g/mol. The number of hydrogen-bond acceptors (Lipinski definition) is 3. The Labute approximate surface area is 123 Å². The number of nitrogens with zero attached hydrogens (tertiary/aromatic N) is 4. The molecule has 4 aromatic rings. The topological polar surface area (TPSA) is 43.6 Å². The average Bonchev–Trinajstić information content (AvgIpc) is 2.69. The summed E-state index contributed by atoms with van der Waals surface area (Å²) in [5.41, 5.74) is 5.63. The molecule has 0 spiro atoms. The maximum Gasteiger partial charge on any atom is 0.180 e. The summed E-state index contributed by atoms with van der Waals surface area (Å²) in [6.07, 6.45) is 1.75. The van der Waals surface area contributed by atoms with Crippen LogP contribution in [0, 0.1) is 6.92 Å². The van der Waals surface area contributed by atoms with E-state index in [0.29, 0.717) is 5.65 Å². The molecule has 3 heterocycles. The second-order valence-electron chi connectivity index (χ2n) is 4.97. The van der Waals surface area contributed by atoms with Gasteiger partial charge < -0.3 is 4.57 Å². The Morgan fingerprint density at radius 3 is 2.85 bits per heavy atom. The molecule has 1 aromatic carbocycles. The number of pyridine rings is 1. The molecule has 0 amide bonds. The van der Waals surface area contributed by atoms with Crippen molar-refractivity contribution in [1.82, 2.24) is 19.5 Å². The van der Waals surface area contributed by atoms with Gasteiger partial charge in [-0.3, -0.25) is 0 Å². The number of aryl methyl sites for hydroxylation is 2. The lowest BCUT2D eigenvalue weighted by molar-refractivity contribution is 0.989. The van der Waals surface area contributed by atoms with Crippen LogP contribution in [0.25, 0.3) is 33.2 Å². The molecule has 4 rings (SSSR count). The van der Waals surface area contributed by atoms with Crippen LogP contribution in [0.4, 0.5) is 0 Å². The summed E-state index contributed by atoms with van der Waals surface area (Å²) < 4.78 is 2.98. The molecule has 0 fully saturated rings. The normalized spacial score (nSPS) is 11.8. The van der Waals surface area contributed by atoms with Gasteiger partial charge in [0.2, 0.25) is 0 Å². The standard InChI is InChI=1S/C15H11BrN4/c1-8-3-4-12-10(5-8)13-15(20(12)2)19-14-11(18-13)6-9(16)7-17-14/h3-7H,1-2H3. The Bertz CT molecular complexity index is 988. The van der Waals surface area contributed by atoms with Gasteiger partial charge in [0.1, 0.15) is 11.0 Å². The van der Waals surface area contributed by atoms with Gasteiger partial charge in [-0.15, -0.1) is 0 Å². The minimum absolute atomic E-state index is 0.670. The van der Waals surface area contributed by atoms with E-state index in [1.54, 1.807) is 6.20 Å². The predicted octanol–water partition coefficient (Wildman–Crippen LogP) is 3.74. The Kier molecular flexibility index (Phi) is 2.35. The van der Waals surface area contributed by atoms with Crippen molar-refractivity contribution < 1.29 is 0 Å². The van der Waals surface area contributed by atoms with Crippen LogP contribution in [0.2, 0.25) is 0 Å². The molecule has 0 N–H and O–H groups in total. The van der Waals surface area contributed by atoms with Crippen molar-refractivity contribution in [2.24, 2.45) is 7.05 Å². The Morgan fingerprint density at radius 1 is 1.15 bits per heavy atom. The number of rotatable bonds is 0. The molecule has 0 aliphatic rings. The second-order valence-corrected chi connectivity index (χ2v) is 5.89. The van der Waals surface area contributed by atoms with Crippen LogP contribution in [-0.2, 0) is 7.05 Å². The van der Waals surface area contributed by atoms with E-state index in [2.05, 4.69) is 55.6 Å². The van der Waals surface area contributed by atoms with Gasteiger partial charge in [-0.25, -0.2) is 15.0 Å². The van der Waals surface area contributed by atoms with Gasteiger partial charge in [0.15, 0.2) is 11.3 Å². The van der Waals surface area contributed by atoms with E-state index in [-0.39, 0.29) is 0 Å². The van der Waals surface area contributed by atoms with E-state index in [9.17, 15) is 0 Å². The van der Waals surface area contributed by atoms with Gasteiger partial charge in [0.05, 0.1) is 5.52 Å². The van der Waals surface area contributed by atoms with Crippen molar-refractivity contribution >= 4 is 49.2 Å². The predicted molar refractivity (Wildman–Crippen MR) is 83.8 cm³/mol. The van der Waals surface area contributed by atoms with Crippen LogP contribution in [0.3, 0.4) is 0 Å². The Hall–Kier alpha value is -2.01. The highest BCUT2D eigenvalue weighted by molar-refractivity contribution is 9.10. The minimum atomic E-state index is 0.670. The quantitative estimate of drug-likeness (QED) is 0.494. The molecule has 4 nitrogen and oxygen atoms in total. The van der Waals surface area contributed by atoms with Crippen LogP contribution < -0.4 is 0 Å². The van der Waals surface area contributed by atoms with Gasteiger partial charge in [-0.1, -0.05) is 11.6 Å². The lowest BCUT2D eigenvalue weighted by Gasteiger charge is -1.99. The molecule has 98 valence electrons. The third kappa shape index (κ3) is 1.56. The lowest BCUT2D eigenvalue weighted by atomic mass is 10.2. The first kappa shape index (κ1) is 11.8. The molecule has 20 heavy (non-hydrogen) atoms. The molecule has 0 aliphatic carbocycles. The highest BCUT2D eigenvalue weighted by Gasteiger charge is 2.12. The first-order valence-electron chi connectivity index (χ1n) is 6.31. The fraction of sp³-hybridized carbons (Fsp3) is 0.133. The first-order chi connectivity index (χ1) is 9.63. The van der Waals surface area contributed by atoms with Crippen molar-refractivity contribution in [3.05, 3.63) is 40.5 Å². The van der Waals surface area contributed by atoms with Gasteiger partial charge >= 0.3 is 0 Å². The highest BCUT2D eigenvalue weighted by Crippen LogP contribution is 2.28. The zero-order valence-electron chi connectivity index (χ0n) is 11.1. The van der Waals surface area contributed by atoms with Gasteiger partial charge in [-0.2, -0.15) is 0 Å². The largest absolute Gasteiger partial charge is 0.327 e. The number of benzene rings is 1. The third-order valence-corrected chi connectivity index (χ3v) is 3.99. The van der Waals surface area contributed by atoms with Crippen molar-refractivity contribution in [3.63, 3.8) is 0 Å². The van der Waals surface area contributed by atoms with Crippen LogP contribution in [-0.4, -0.2) is 19.5 Å². The SMILES string of the molecule is Cc1ccc2c(c1)c1nc3cc(Br)cnc3nc1n2C. The van der Waals surface area contributed by atoms with Crippen molar-refractivity contribution in [3.8, 4) is 0 Å². The number of fused-ring (bicyclic) bond motifs is 4. The second kappa shape index (κ2) is 3.99. The molecule has 5 heteroatoms. The van der Waals surface area contributed by atoms with E-state index in [4.69, 9.17) is 4.98 Å². The summed E-state index contributed by atoms with van der Waals surface area (Å²) in [6.45, 7) is 2.09. The summed E-state index contributed by atoms with van der Waals surface area (Å²) in [4.78, 5) is 13.7. The number of aromatic nitrogens is 4. The van der Waals surface area contributed by atoms with Crippen molar-refractivity contribution in [2.75, 3.05) is 0 Å². The summed E-state index contributed by atoms with van der Waals surface area (Å²) in [6, 6.07) is 8.32. The number of halogens is 1. The van der Waals surface area contributed by atoms with Crippen molar-refractivity contribution in [2.45, 2.75) is 6.92 Å². The average molecular weight is 327 g/mol. The zero-order valence-corrected chi connectivity index (χ0v) is 12.6. The molecule has 0 radical (unpaired) electrons. The lowest BCUT2D eigenvalue weighted by Crippen LogP contribution is -1.93. The van der Waals surface area contributed by atoms with E-state index < -0.39 is 0 Å². The van der Waals surface area contributed by atoms with E-state index in [1.165, 1.54) is 5.56 Å². The van der Waals surface area contributed by atoms with Crippen LogP contribution in [0.1, 0.15) is 5.56 Å². The van der Waals surface area contributed by atoms with Crippen LogP contribution in [0.15, 0.2) is 34.9 Å². The third-order valence-electron chi connectivity index (χ3n) is 3.56. The summed E-state index contributed by atoms with van der Waals surface area (Å²) in [7, 11) is 2.01. The fourth-order valence-electron chi connectivity index (χ4n) is 2.57. The zero-order chi connectivity index (χ0) is 13.9. The molecule has 0 bridgehead atoms. The minimum Gasteiger partial charge on any atom is -0.327 e. The maximum atomic E-state index is 4.75. The summed E-state index contributed by atoms with van der Waals surface area (Å²) >= 11 is 3.43. The smallest absolute Gasteiger partial charge is 0.180 e. The van der Waals surface area contributed by atoms with E-state index >= 15 is 0 Å². The Balaban J connectivity index is 2.26. The van der Waals surface area contributed by atoms with Crippen LogP contribution in [0.5, 0.6) is 0 Å². The van der Waals surface area contributed by atoms with E-state index in [0.717, 1.165) is 32.1 Å². The Morgan fingerprint density at radius 2 is 2.00 bits per heavy atom. The molecule has 0 atom stereocenters. The summed E-state index contributed by atoms with van der Waals surface area (Å²) in [5, 5.41) is 1.14. The fourth-order valence-corrected chi connectivity index (χ4v) is 2.89. The summed E-state index contributed by atoms with van der Waals surface area (Å²) in [5.74, 6) is 0.